The second-order valence-electron chi connectivity index (χ2n) is 10.3. The van der Waals surface area contributed by atoms with Gasteiger partial charge in [-0.1, -0.05) is 48.5 Å². The van der Waals surface area contributed by atoms with Gasteiger partial charge >= 0.3 is 12.1 Å². The van der Waals surface area contributed by atoms with E-state index in [-0.39, 0.29) is 30.4 Å². The molecular formula is C28H32N2O5. The lowest BCUT2D eigenvalue weighted by molar-refractivity contribution is -0.155. The van der Waals surface area contributed by atoms with Crippen LogP contribution in [0.5, 0.6) is 0 Å². The zero-order valence-electron chi connectivity index (χ0n) is 20.0. The number of hydrogen-bond donors (Lipinski definition) is 2. The van der Waals surface area contributed by atoms with Crippen molar-refractivity contribution in [2.45, 2.75) is 62.9 Å². The first-order chi connectivity index (χ1) is 16.9. The number of carboxylic acids is 1. The molecule has 7 heteroatoms. The van der Waals surface area contributed by atoms with E-state index < -0.39 is 17.6 Å². The van der Waals surface area contributed by atoms with Crippen molar-refractivity contribution in [3.05, 3.63) is 59.7 Å². The summed E-state index contributed by atoms with van der Waals surface area (Å²) in [4.78, 5) is 38.7. The first-order valence-electron chi connectivity index (χ1n) is 12.5. The lowest BCUT2D eigenvalue weighted by Crippen LogP contribution is -2.51. The molecule has 1 saturated carbocycles. The van der Waals surface area contributed by atoms with Crippen molar-refractivity contribution in [1.82, 2.24) is 10.2 Å². The van der Waals surface area contributed by atoms with Gasteiger partial charge in [-0.3, -0.25) is 4.79 Å². The Morgan fingerprint density at radius 3 is 2.37 bits per heavy atom. The highest BCUT2D eigenvalue weighted by Gasteiger charge is 2.46. The standard InChI is InChI=1S/C28H32N2O5/c1-28(26(32)33)13-6-14-30(28)25(31)16-18-11-12-19(15-18)29-27(34)35-17-24-22-9-4-2-7-20(22)21-8-3-5-10-23(21)24/h2-5,7-10,18-19,24H,6,11-17H2,1H3,(H,29,34)(H,32,33)/t18-,19+,28-/m1/s1. The smallest absolute Gasteiger partial charge is 0.407 e. The van der Waals surface area contributed by atoms with E-state index in [4.69, 9.17) is 4.74 Å². The number of ether oxygens (including phenoxy) is 1. The summed E-state index contributed by atoms with van der Waals surface area (Å²) < 4.78 is 5.66. The Hall–Kier alpha value is -3.35. The van der Waals surface area contributed by atoms with Gasteiger partial charge in [0.15, 0.2) is 0 Å². The van der Waals surface area contributed by atoms with Crippen LogP contribution in [-0.4, -0.2) is 52.7 Å². The summed E-state index contributed by atoms with van der Waals surface area (Å²) in [6.45, 7) is 2.41. The van der Waals surface area contributed by atoms with Crippen molar-refractivity contribution < 1.29 is 24.2 Å². The first-order valence-corrected chi connectivity index (χ1v) is 12.5. The third-order valence-electron chi connectivity index (χ3n) is 8.07. The van der Waals surface area contributed by atoms with E-state index in [1.165, 1.54) is 27.2 Å². The van der Waals surface area contributed by atoms with Crippen LogP contribution in [0.1, 0.15) is 62.5 Å². The molecule has 3 atom stereocenters. The van der Waals surface area contributed by atoms with Gasteiger partial charge in [0, 0.05) is 24.9 Å². The molecule has 184 valence electrons. The average Bonchev–Trinajstić information content (AvgIpc) is 3.54. The van der Waals surface area contributed by atoms with Gasteiger partial charge in [0.1, 0.15) is 12.1 Å². The Balaban J connectivity index is 1.13. The molecule has 35 heavy (non-hydrogen) atoms. The largest absolute Gasteiger partial charge is 0.480 e. The van der Waals surface area contributed by atoms with Gasteiger partial charge in [-0.2, -0.15) is 0 Å². The van der Waals surface area contributed by atoms with Gasteiger partial charge in [-0.05, 0) is 67.2 Å². The molecule has 2 aromatic carbocycles. The predicted molar refractivity (Wildman–Crippen MR) is 131 cm³/mol. The van der Waals surface area contributed by atoms with Crippen molar-refractivity contribution >= 4 is 18.0 Å². The fraction of sp³-hybridized carbons (Fsp3) is 0.464. The summed E-state index contributed by atoms with van der Waals surface area (Å²) in [5.74, 6) is -0.880. The molecule has 2 fully saturated rings. The molecule has 3 aliphatic rings. The number of likely N-dealkylation sites (tertiary alicyclic amines) is 1. The summed E-state index contributed by atoms with van der Waals surface area (Å²) in [6, 6.07) is 16.4. The minimum Gasteiger partial charge on any atom is -0.480 e. The number of alkyl carbamates (subject to hydrolysis) is 1. The molecule has 2 amide bonds. The van der Waals surface area contributed by atoms with Crippen LogP contribution >= 0.6 is 0 Å². The summed E-state index contributed by atoms with van der Waals surface area (Å²) in [5, 5.41) is 12.6. The van der Waals surface area contributed by atoms with Crippen LogP contribution in [0.25, 0.3) is 11.1 Å². The number of aliphatic carboxylic acids is 1. The Kier molecular flexibility index (Phi) is 6.26. The molecule has 1 saturated heterocycles. The minimum absolute atomic E-state index is 0.0195. The normalized spacial score (nSPS) is 25.2. The summed E-state index contributed by atoms with van der Waals surface area (Å²) in [5.41, 5.74) is 3.64. The van der Waals surface area contributed by atoms with Gasteiger partial charge < -0.3 is 20.1 Å². The number of fused-ring (bicyclic) bond motifs is 3. The molecule has 1 heterocycles. The number of benzene rings is 2. The number of carbonyl (C=O) groups is 3. The molecule has 0 unspecified atom stereocenters. The maximum absolute atomic E-state index is 12.9. The molecule has 2 N–H and O–H groups in total. The van der Waals surface area contributed by atoms with Crippen molar-refractivity contribution in [2.75, 3.05) is 13.2 Å². The van der Waals surface area contributed by atoms with Crippen LogP contribution in [0.3, 0.4) is 0 Å². The molecule has 0 radical (unpaired) electrons. The number of carbonyl (C=O) groups excluding carboxylic acids is 2. The second kappa shape index (κ2) is 9.36. The van der Waals surface area contributed by atoms with Crippen molar-refractivity contribution in [2.24, 2.45) is 5.92 Å². The summed E-state index contributed by atoms with van der Waals surface area (Å²) >= 11 is 0. The van der Waals surface area contributed by atoms with E-state index in [1.807, 2.05) is 24.3 Å². The number of hydrogen-bond acceptors (Lipinski definition) is 4. The van der Waals surface area contributed by atoms with Gasteiger partial charge in [-0.25, -0.2) is 9.59 Å². The number of amides is 2. The molecular weight excluding hydrogens is 444 g/mol. The maximum atomic E-state index is 12.9. The highest BCUT2D eigenvalue weighted by molar-refractivity contribution is 5.87. The SMILES string of the molecule is C[C@]1(C(=O)O)CCCN1C(=O)C[C@@H]1CC[C@H](NC(=O)OCC2c3ccccc3-c3ccccc32)C1. The summed E-state index contributed by atoms with van der Waals surface area (Å²) in [6.07, 6.45) is 3.42. The quantitative estimate of drug-likeness (QED) is 0.638. The van der Waals surface area contributed by atoms with Gasteiger partial charge in [-0.15, -0.1) is 0 Å². The highest BCUT2D eigenvalue weighted by Crippen LogP contribution is 2.44. The number of nitrogens with one attached hydrogen (secondary N) is 1. The third kappa shape index (κ3) is 4.40. The average molecular weight is 477 g/mol. The van der Waals surface area contributed by atoms with E-state index in [2.05, 4.69) is 29.6 Å². The number of carboxylic acid groups (broad SMARTS) is 1. The monoisotopic (exact) mass is 476 g/mol. The fourth-order valence-electron chi connectivity index (χ4n) is 6.14. The zero-order chi connectivity index (χ0) is 24.6. The first kappa shape index (κ1) is 23.4. The Morgan fingerprint density at radius 1 is 1.06 bits per heavy atom. The van der Waals surface area contributed by atoms with E-state index in [9.17, 15) is 19.5 Å². The zero-order valence-corrected chi connectivity index (χ0v) is 20.0. The van der Waals surface area contributed by atoms with Crippen molar-refractivity contribution in [3.63, 3.8) is 0 Å². The van der Waals surface area contributed by atoms with Gasteiger partial charge in [0.25, 0.3) is 0 Å². The molecule has 2 aliphatic carbocycles. The molecule has 0 aromatic heterocycles. The number of rotatable bonds is 6. The maximum Gasteiger partial charge on any atom is 0.407 e. The Bertz CT molecular complexity index is 1100. The molecule has 1 aliphatic heterocycles. The van der Waals surface area contributed by atoms with E-state index in [1.54, 1.807) is 6.92 Å². The molecule has 0 spiro atoms. The molecule has 2 aromatic rings. The van der Waals surface area contributed by atoms with Crippen LogP contribution in [0.15, 0.2) is 48.5 Å². The Morgan fingerprint density at radius 2 is 1.71 bits per heavy atom. The lowest BCUT2D eigenvalue weighted by Gasteiger charge is -2.32. The number of nitrogens with zero attached hydrogens (tertiary/aromatic N) is 1. The molecule has 7 nitrogen and oxygen atoms in total. The van der Waals surface area contributed by atoms with Crippen LogP contribution in [0.4, 0.5) is 4.79 Å². The van der Waals surface area contributed by atoms with Crippen molar-refractivity contribution in [1.29, 1.82) is 0 Å². The lowest BCUT2D eigenvalue weighted by atomic mass is 9.97. The van der Waals surface area contributed by atoms with Gasteiger partial charge in [0.2, 0.25) is 5.91 Å². The third-order valence-corrected chi connectivity index (χ3v) is 8.07. The molecule has 0 bridgehead atoms. The highest BCUT2D eigenvalue weighted by atomic mass is 16.5. The van der Waals surface area contributed by atoms with Crippen LogP contribution in [-0.2, 0) is 14.3 Å². The van der Waals surface area contributed by atoms with Crippen LogP contribution < -0.4 is 5.32 Å². The van der Waals surface area contributed by atoms with E-state index in [0.29, 0.717) is 32.2 Å². The topological polar surface area (TPSA) is 95.9 Å². The van der Waals surface area contributed by atoms with Crippen LogP contribution in [0.2, 0.25) is 0 Å². The van der Waals surface area contributed by atoms with Crippen LogP contribution in [0, 0.1) is 5.92 Å². The summed E-state index contributed by atoms with van der Waals surface area (Å²) in [7, 11) is 0. The fourth-order valence-corrected chi connectivity index (χ4v) is 6.14. The second-order valence-corrected chi connectivity index (χ2v) is 10.3. The molecule has 5 rings (SSSR count). The predicted octanol–water partition coefficient (Wildman–Crippen LogP) is 4.55. The van der Waals surface area contributed by atoms with E-state index in [0.717, 1.165) is 12.8 Å². The van der Waals surface area contributed by atoms with Crippen molar-refractivity contribution in [3.8, 4) is 11.1 Å². The minimum atomic E-state index is -1.10. The van der Waals surface area contributed by atoms with Gasteiger partial charge in [0.05, 0.1) is 0 Å². The van der Waals surface area contributed by atoms with E-state index >= 15 is 0 Å². The Labute approximate surface area is 205 Å².